The SMILES string of the molecule is CCCCNC(=O)[C@@H](C)N(Cc1ccccc1)C(=O)CN(c1ccccc1OCC)S(=O)(=O)c1ccccc1. The van der Waals surface area contributed by atoms with Crippen LogP contribution in [0, 0.1) is 0 Å². The van der Waals surface area contributed by atoms with Gasteiger partial charge in [0.25, 0.3) is 10.0 Å². The quantitative estimate of drug-likeness (QED) is 0.295. The summed E-state index contributed by atoms with van der Waals surface area (Å²) in [6.45, 7) is 5.95. The molecule has 0 aliphatic carbocycles. The van der Waals surface area contributed by atoms with Gasteiger partial charge in [0.1, 0.15) is 18.3 Å². The van der Waals surface area contributed by atoms with Crippen LogP contribution in [0.2, 0.25) is 0 Å². The molecule has 2 amide bonds. The average molecular weight is 552 g/mol. The Labute approximate surface area is 231 Å². The van der Waals surface area contributed by atoms with Crippen LogP contribution < -0.4 is 14.4 Å². The summed E-state index contributed by atoms with van der Waals surface area (Å²) in [4.78, 5) is 28.4. The molecule has 3 aromatic rings. The molecule has 0 aliphatic rings. The lowest BCUT2D eigenvalue weighted by Crippen LogP contribution is -2.51. The van der Waals surface area contributed by atoms with Crippen LogP contribution in [-0.4, -0.2) is 50.9 Å². The molecule has 3 rings (SSSR count). The first-order valence-corrected chi connectivity index (χ1v) is 14.6. The van der Waals surface area contributed by atoms with E-state index < -0.39 is 28.5 Å². The smallest absolute Gasteiger partial charge is 0.264 e. The van der Waals surface area contributed by atoms with Crippen molar-refractivity contribution in [1.82, 2.24) is 10.2 Å². The monoisotopic (exact) mass is 551 g/mol. The van der Waals surface area contributed by atoms with E-state index in [-0.39, 0.29) is 23.0 Å². The van der Waals surface area contributed by atoms with E-state index in [1.165, 1.54) is 17.0 Å². The van der Waals surface area contributed by atoms with Crippen LogP contribution in [0.25, 0.3) is 0 Å². The molecule has 0 saturated heterocycles. The van der Waals surface area contributed by atoms with Gasteiger partial charge in [0.05, 0.1) is 17.2 Å². The molecule has 0 unspecified atom stereocenters. The third-order valence-electron chi connectivity index (χ3n) is 6.24. The van der Waals surface area contributed by atoms with Gasteiger partial charge in [-0.25, -0.2) is 8.42 Å². The van der Waals surface area contributed by atoms with Gasteiger partial charge < -0.3 is 15.0 Å². The van der Waals surface area contributed by atoms with Crippen molar-refractivity contribution in [3.8, 4) is 5.75 Å². The summed E-state index contributed by atoms with van der Waals surface area (Å²) in [7, 11) is -4.15. The Morgan fingerprint density at radius 2 is 1.51 bits per heavy atom. The number of para-hydroxylation sites is 2. The van der Waals surface area contributed by atoms with Crippen molar-refractivity contribution in [3.05, 3.63) is 90.5 Å². The minimum atomic E-state index is -4.15. The molecule has 0 heterocycles. The highest BCUT2D eigenvalue weighted by Gasteiger charge is 2.33. The Balaban J connectivity index is 2.02. The number of hydrogen-bond donors (Lipinski definition) is 1. The minimum absolute atomic E-state index is 0.0454. The van der Waals surface area contributed by atoms with Gasteiger partial charge in [0.2, 0.25) is 11.8 Å². The second-order valence-electron chi connectivity index (χ2n) is 9.05. The zero-order chi connectivity index (χ0) is 28.3. The number of amides is 2. The first kappa shape index (κ1) is 29.7. The average Bonchev–Trinajstić information content (AvgIpc) is 2.95. The van der Waals surface area contributed by atoms with Gasteiger partial charge in [0, 0.05) is 13.1 Å². The van der Waals surface area contributed by atoms with Gasteiger partial charge in [0.15, 0.2) is 0 Å². The van der Waals surface area contributed by atoms with Crippen LogP contribution in [0.5, 0.6) is 5.75 Å². The highest BCUT2D eigenvalue weighted by atomic mass is 32.2. The largest absolute Gasteiger partial charge is 0.492 e. The lowest BCUT2D eigenvalue weighted by atomic mass is 10.1. The lowest BCUT2D eigenvalue weighted by Gasteiger charge is -2.32. The van der Waals surface area contributed by atoms with Crippen molar-refractivity contribution >= 4 is 27.5 Å². The topological polar surface area (TPSA) is 96.0 Å². The van der Waals surface area contributed by atoms with Gasteiger partial charge >= 0.3 is 0 Å². The van der Waals surface area contributed by atoms with E-state index in [1.54, 1.807) is 56.3 Å². The maximum absolute atomic E-state index is 14.0. The number of ether oxygens (including phenoxy) is 1. The number of unbranched alkanes of at least 4 members (excludes halogenated alkanes) is 1. The Morgan fingerprint density at radius 3 is 2.15 bits per heavy atom. The number of rotatable bonds is 14. The molecule has 3 aromatic carbocycles. The second-order valence-corrected chi connectivity index (χ2v) is 10.9. The van der Waals surface area contributed by atoms with E-state index in [4.69, 9.17) is 4.74 Å². The molecular weight excluding hydrogens is 514 g/mol. The summed E-state index contributed by atoms with van der Waals surface area (Å²) >= 11 is 0. The Kier molecular flexibility index (Phi) is 10.9. The fraction of sp³-hybridized carbons (Fsp3) is 0.333. The van der Waals surface area contributed by atoms with Gasteiger partial charge in [-0.2, -0.15) is 0 Å². The summed E-state index contributed by atoms with van der Waals surface area (Å²) < 4.78 is 34.6. The summed E-state index contributed by atoms with van der Waals surface area (Å²) in [6, 6.07) is 23.2. The van der Waals surface area contributed by atoms with Gasteiger partial charge in [-0.05, 0) is 50.1 Å². The number of nitrogens with zero attached hydrogens (tertiary/aromatic N) is 2. The molecule has 39 heavy (non-hydrogen) atoms. The highest BCUT2D eigenvalue weighted by molar-refractivity contribution is 7.92. The van der Waals surface area contributed by atoms with E-state index in [2.05, 4.69) is 5.32 Å². The van der Waals surface area contributed by atoms with E-state index in [9.17, 15) is 18.0 Å². The first-order chi connectivity index (χ1) is 18.8. The first-order valence-electron chi connectivity index (χ1n) is 13.2. The van der Waals surface area contributed by atoms with Crippen LogP contribution >= 0.6 is 0 Å². The van der Waals surface area contributed by atoms with Crippen LogP contribution in [0.1, 0.15) is 39.2 Å². The zero-order valence-corrected chi connectivity index (χ0v) is 23.6. The molecule has 0 fully saturated rings. The molecule has 0 aromatic heterocycles. The van der Waals surface area contributed by atoms with E-state index in [0.717, 1.165) is 22.7 Å². The minimum Gasteiger partial charge on any atom is -0.492 e. The summed E-state index contributed by atoms with van der Waals surface area (Å²) in [6.07, 6.45) is 1.75. The van der Waals surface area contributed by atoms with Crippen molar-refractivity contribution in [1.29, 1.82) is 0 Å². The van der Waals surface area contributed by atoms with Gasteiger partial charge in [-0.1, -0.05) is 74.0 Å². The van der Waals surface area contributed by atoms with Crippen molar-refractivity contribution < 1.29 is 22.7 Å². The predicted molar refractivity (Wildman–Crippen MR) is 153 cm³/mol. The normalized spacial score (nSPS) is 11.9. The third kappa shape index (κ3) is 7.83. The Hall–Kier alpha value is -3.85. The van der Waals surface area contributed by atoms with Crippen molar-refractivity contribution in [2.75, 3.05) is 24.0 Å². The molecule has 0 bridgehead atoms. The van der Waals surface area contributed by atoms with Crippen molar-refractivity contribution in [3.63, 3.8) is 0 Å². The number of benzene rings is 3. The summed E-state index contributed by atoms with van der Waals surface area (Å²) in [5.41, 5.74) is 1.07. The third-order valence-corrected chi connectivity index (χ3v) is 8.01. The maximum atomic E-state index is 14.0. The van der Waals surface area contributed by atoms with Crippen molar-refractivity contribution in [2.24, 2.45) is 0 Å². The molecule has 9 heteroatoms. The van der Waals surface area contributed by atoms with Gasteiger partial charge in [-0.3, -0.25) is 13.9 Å². The van der Waals surface area contributed by atoms with E-state index >= 15 is 0 Å². The number of hydrogen-bond acceptors (Lipinski definition) is 5. The Morgan fingerprint density at radius 1 is 0.897 bits per heavy atom. The number of carbonyl (C=O) groups is 2. The lowest BCUT2D eigenvalue weighted by molar-refractivity contribution is -0.139. The predicted octanol–water partition coefficient (Wildman–Crippen LogP) is 4.61. The van der Waals surface area contributed by atoms with E-state index in [0.29, 0.717) is 18.9 Å². The van der Waals surface area contributed by atoms with Crippen LogP contribution in [0.4, 0.5) is 5.69 Å². The molecule has 1 atom stereocenters. The highest BCUT2D eigenvalue weighted by Crippen LogP contribution is 2.32. The van der Waals surface area contributed by atoms with Crippen LogP contribution in [0.15, 0.2) is 89.8 Å². The molecule has 0 aliphatic heterocycles. The number of sulfonamides is 1. The summed E-state index contributed by atoms with van der Waals surface area (Å²) in [5.74, 6) is -0.463. The van der Waals surface area contributed by atoms with E-state index in [1.807, 2.05) is 37.3 Å². The molecule has 8 nitrogen and oxygen atoms in total. The maximum Gasteiger partial charge on any atom is 0.264 e. The Bertz CT molecular complexity index is 1320. The molecule has 0 saturated carbocycles. The number of carbonyl (C=O) groups excluding carboxylic acids is 2. The molecule has 0 spiro atoms. The van der Waals surface area contributed by atoms with Gasteiger partial charge in [-0.15, -0.1) is 0 Å². The summed E-state index contributed by atoms with van der Waals surface area (Å²) in [5, 5.41) is 2.89. The molecule has 1 N–H and O–H groups in total. The molecule has 208 valence electrons. The number of nitrogens with one attached hydrogen (secondary N) is 1. The van der Waals surface area contributed by atoms with Crippen LogP contribution in [-0.2, 0) is 26.2 Å². The number of anilines is 1. The van der Waals surface area contributed by atoms with Crippen LogP contribution in [0.3, 0.4) is 0 Å². The van der Waals surface area contributed by atoms with Crippen molar-refractivity contribution in [2.45, 2.75) is 51.1 Å². The fourth-order valence-electron chi connectivity index (χ4n) is 4.07. The second kappa shape index (κ2) is 14.3. The fourth-order valence-corrected chi connectivity index (χ4v) is 5.52. The molecular formula is C30H37N3O5S. The zero-order valence-electron chi connectivity index (χ0n) is 22.7. The standard InChI is InChI=1S/C30H37N3O5S/c1-4-6-21-31-30(35)24(3)32(22-25-15-9-7-10-16-25)29(34)23-33(27-19-13-14-20-28(27)38-5-2)39(36,37)26-17-11-8-12-18-26/h7-20,24H,4-6,21-23H2,1-3H3,(H,31,35)/t24-/m1/s1. The molecule has 0 radical (unpaired) electrons.